The molecule has 0 amide bonds. The second-order valence-electron chi connectivity index (χ2n) is 5.88. The van der Waals surface area contributed by atoms with Gasteiger partial charge in [0.1, 0.15) is 11.5 Å². The van der Waals surface area contributed by atoms with Gasteiger partial charge >= 0.3 is 0 Å². The third-order valence-corrected chi connectivity index (χ3v) is 4.96. The Morgan fingerprint density at radius 3 is 2.46 bits per heavy atom. The van der Waals surface area contributed by atoms with E-state index in [9.17, 15) is 0 Å². The van der Waals surface area contributed by atoms with E-state index in [2.05, 4.69) is 48.4 Å². The van der Waals surface area contributed by atoms with Gasteiger partial charge in [0.2, 0.25) is 4.80 Å². The Morgan fingerprint density at radius 1 is 1.04 bits per heavy atom. The molecule has 0 saturated heterocycles. The summed E-state index contributed by atoms with van der Waals surface area (Å²) in [5, 5.41) is 6.71. The van der Waals surface area contributed by atoms with Crippen molar-refractivity contribution in [1.29, 1.82) is 0 Å². The Morgan fingerprint density at radius 2 is 1.79 bits per heavy atom. The monoisotopic (exact) mass is 339 g/mol. The first kappa shape index (κ1) is 16.5. The van der Waals surface area contributed by atoms with Crippen molar-refractivity contribution in [1.82, 2.24) is 4.68 Å². The van der Waals surface area contributed by atoms with Crippen LogP contribution in [-0.4, -0.2) is 17.9 Å². The molecule has 0 aliphatic carbocycles. The molecule has 1 aromatic carbocycles. The zero-order valence-corrected chi connectivity index (χ0v) is 15.4. The number of aromatic nitrogens is 1. The predicted octanol–water partition coefficient (Wildman–Crippen LogP) is 4.46. The van der Waals surface area contributed by atoms with Crippen LogP contribution >= 0.6 is 11.3 Å². The molecule has 3 aromatic rings. The number of hydrogen-bond acceptors (Lipinski definition) is 4. The lowest BCUT2D eigenvalue weighted by molar-refractivity contribution is 0.527. The Labute approximate surface area is 145 Å². The van der Waals surface area contributed by atoms with Crippen LogP contribution in [0.3, 0.4) is 0 Å². The van der Waals surface area contributed by atoms with Crippen LogP contribution in [0.1, 0.15) is 28.2 Å². The molecule has 124 valence electrons. The Balaban J connectivity index is 2.12. The molecule has 0 aliphatic heterocycles. The van der Waals surface area contributed by atoms with Crippen LogP contribution in [-0.2, 0) is 0 Å². The fraction of sp³-hybridized carbons (Fsp3) is 0.263. The van der Waals surface area contributed by atoms with Gasteiger partial charge in [-0.15, -0.1) is 11.3 Å². The van der Waals surface area contributed by atoms with Gasteiger partial charge in [0.05, 0.1) is 11.9 Å². The molecule has 24 heavy (non-hydrogen) atoms. The number of furan rings is 1. The Hall–Kier alpha value is -2.40. The van der Waals surface area contributed by atoms with Crippen molar-refractivity contribution in [2.45, 2.75) is 27.7 Å². The van der Waals surface area contributed by atoms with E-state index in [0.717, 1.165) is 22.0 Å². The lowest BCUT2D eigenvalue weighted by atomic mass is 9.99. The van der Waals surface area contributed by atoms with Crippen LogP contribution in [0.15, 0.2) is 44.2 Å². The normalized spacial score (nSPS) is 12.5. The Bertz CT molecular complexity index is 973. The highest BCUT2D eigenvalue weighted by Crippen LogP contribution is 2.27. The average molecular weight is 339 g/mol. The number of rotatable bonds is 3. The molecule has 0 aliphatic rings. The molecule has 0 saturated carbocycles. The number of nitrogens with zero attached hydrogens (tertiary/aromatic N) is 3. The lowest BCUT2D eigenvalue weighted by Crippen LogP contribution is -2.11. The molecule has 0 radical (unpaired) electrons. The maximum absolute atomic E-state index is 5.57. The van der Waals surface area contributed by atoms with Gasteiger partial charge < -0.3 is 4.42 Å². The summed E-state index contributed by atoms with van der Waals surface area (Å²) in [6.45, 7) is 8.32. The van der Waals surface area contributed by atoms with Gasteiger partial charge in [0.25, 0.3) is 0 Å². The summed E-state index contributed by atoms with van der Waals surface area (Å²) in [4.78, 5) is 5.19. The zero-order valence-electron chi connectivity index (χ0n) is 14.6. The van der Waals surface area contributed by atoms with Crippen molar-refractivity contribution >= 4 is 17.6 Å². The van der Waals surface area contributed by atoms with Crippen LogP contribution in [0.2, 0.25) is 0 Å². The summed E-state index contributed by atoms with van der Waals surface area (Å²) in [5.41, 5.74) is 6.02. The van der Waals surface area contributed by atoms with Gasteiger partial charge in [-0.3, -0.25) is 4.99 Å². The molecular formula is C19H21N3OS. The van der Waals surface area contributed by atoms with Gasteiger partial charge in [-0.1, -0.05) is 6.07 Å². The minimum Gasteiger partial charge on any atom is -0.460 e. The van der Waals surface area contributed by atoms with Crippen LogP contribution in [0.4, 0.5) is 0 Å². The summed E-state index contributed by atoms with van der Waals surface area (Å²) in [6, 6.07) is 8.28. The molecule has 0 N–H and O–H groups in total. The van der Waals surface area contributed by atoms with E-state index < -0.39 is 0 Å². The van der Waals surface area contributed by atoms with Crippen LogP contribution < -0.4 is 4.80 Å². The third kappa shape index (κ3) is 3.12. The molecule has 2 aromatic heterocycles. The van der Waals surface area contributed by atoms with Crippen molar-refractivity contribution in [3.05, 3.63) is 62.7 Å². The minimum atomic E-state index is 0.732. The highest BCUT2D eigenvalue weighted by molar-refractivity contribution is 7.07. The molecule has 0 atom stereocenters. The highest BCUT2D eigenvalue weighted by atomic mass is 32.1. The highest BCUT2D eigenvalue weighted by Gasteiger charge is 2.11. The predicted molar refractivity (Wildman–Crippen MR) is 99.9 cm³/mol. The lowest BCUT2D eigenvalue weighted by Gasteiger charge is -2.10. The van der Waals surface area contributed by atoms with E-state index in [1.54, 1.807) is 24.6 Å². The molecule has 0 spiro atoms. The summed E-state index contributed by atoms with van der Waals surface area (Å²) < 4.78 is 7.44. The maximum atomic E-state index is 5.57. The first-order valence-electron chi connectivity index (χ1n) is 7.82. The summed E-state index contributed by atoms with van der Waals surface area (Å²) in [5.74, 6) is 1.61. The fourth-order valence-corrected chi connectivity index (χ4v) is 3.42. The Kier molecular flexibility index (Phi) is 4.53. The van der Waals surface area contributed by atoms with E-state index >= 15 is 0 Å². The van der Waals surface area contributed by atoms with Gasteiger partial charge in [0, 0.05) is 18.0 Å². The topological polar surface area (TPSA) is 42.8 Å². The SMILES string of the molecule is CN=c1scc(-c2cc(C)c(C)cc2C)n1/N=C\c1ccc(C)o1. The molecule has 0 fully saturated rings. The molecule has 2 heterocycles. The number of benzene rings is 1. The van der Waals surface area contributed by atoms with Crippen molar-refractivity contribution in [2.24, 2.45) is 10.1 Å². The number of aryl methyl sites for hydroxylation is 4. The maximum Gasteiger partial charge on any atom is 0.205 e. The first-order chi connectivity index (χ1) is 11.5. The average Bonchev–Trinajstić information content (AvgIpc) is 3.14. The van der Waals surface area contributed by atoms with Crippen LogP contribution in [0, 0.1) is 27.7 Å². The summed E-state index contributed by atoms with van der Waals surface area (Å²) in [6.07, 6.45) is 1.73. The largest absolute Gasteiger partial charge is 0.460 e. The van der Waals surface area contributed by atoms with Crippen molar-refractivity contribution in [2.75, 3.05) is 7.05 Å². The van der Waals surface area contributed by atoms with Gasteiger partial charge in [-0.25, -0.2) is 4.68 Å². The summed E-state index contributed by atoms with van der Waals surface area (Å²) >= 11 is 1.58. The van der Waals surface area contributed by atoms with E-state index in [1.165, 1.54) is 22.3 Å². The third-order valence-electron chi connectivity index (χ3n) is 4.05. The molecule has 0 bridgehead atoms. The quantitative estimate of drug-likeness (QED) is 0.650. The molecule has 4 nitrogen and oxygen atoms in total. The van der Waals surface area contributed by atoms with Gasteiger partial charge in [0.15, 0.2) is 0 Å². The van der Waals surface area contributed by atoms with E-state index in [0.29, 0.717) is 0 Å². The van der Waals surface area contributed by atoms with Crippen LogP contribution in [0.25, 0.3) is 11.3 Å². The van der Waals surface area contributed by atoms with E-state index in [4.69, 9.17) is 4.42 Å². The van der Waals surface area contributed by atoms with E-state index in [-0.39, 0.29) is 0 Å². The van der Waals surface area contributed by atoms with Crippen molar-refractivity contribution in [3.63, 3.8) is 0 Å². The van der Waals surface area contributed by atoms with Gasteiger partial charge in [-0.05, 0) is 62.6 Å². The molecule has 5 heteroatoms. The standard InChI is InChI=1S/C19H21N3OS/c1-12-8-14(3)17(9-13(12)2)18-11-24-19(20-5)22(18)21-10-16-7-6-15(4)23-16/h6-11H,1-5H3/b20-19?,21-10-. The molecular weight excluding hydrogens is 318 g/mol. The second-order valence-corrected chi connectivity index (χ2v) is 6.72. The van der Waals surface area contributed by atoms with Crippen LogP contribution in [0.5, 0.6) is 0 Å². The molecule has 3 rings (SSSR count). The number of thiazole rings is 1. The number of hydrogen-bond donors (Lipinski definition) is 0. The fourth-order valence-electron chi connectivity index (χ4n) is 2.62. The van der Waals surface area contributed by atoms with Crippen molar-refractivity contribution < 1.29 is 4.42 Å². The van der Waals surface area contributed by atoms with E-state index in [1.807, 2.05) is 23.7 Å². The second kappa shape index (κ2) is 6.61. The van der Waals surface area contributed by atoms with Gasteiger partial charge in [-0.2, -0.15) is 5.10 Å². The van der Waals surface area contributed by atoms with Crippen molar-refractivity contribution in [3.8, 4) is 11.3 Å². The minimum absolute atomic E-state index is 0.732. The first-order valence-corrected chi connectivity index (χ1v) is 8.70. The smallest absolute Gasteiger partial charge is 0.205 e. The molecule has 0 unspecified atom stereocenters. The zero-order chi connectivity index (χ0) is 17.3. The summed E-state index contributed by atoms with van der Waals surface area (Å²) in [7, 11) is 1.78.